The normalized spacial score (nSPS) is 12.7. The maximum Gasteiger partial charge on any atom is 0.0661 e. The SMILES string of the molecule is C#CC(N)CCC. The molecular weight excluding hydrogens is 86.1 g/mol. The first-order valence-corrected chi connectivity index (χ1v) is 2.53. The molecule has 0 rings (SSSR count). The van der Waals surface area contributed by atoms with Crippen molar-refractivity contribution < 1.29 is 0 Å². The maximum absolute atomic E-state index is 5.35. The van der Waals surface area contributed by atoms with Crippen molar-refractivity contribution in [2.75, 3.05) is 0 Å². The fraction of sp³-hybridized carbons (Fsp3) is 0.667. The average Bonchev–Trinajstić information content (AvgIpc) is 1.68. The molecule has 0 aromatic rings. The van der Waals surface area contributed by atoms with Gasteiger partial charge in [-0.15, -0.1) is 6.42 Å². The van der Waals surface area contributed by atoms with Crippen LogP contribution in [0.5, 0.6) is 0 Å². The Bertz CT molecular complexity index is 70.7. The van der Waals surface area contributed by atoms with Gasteiger partial charge >= 0.3 is 0 Å². The molecule has 0 amide bonds. The van der Waals surface area contributed by atoms with Gasteiger partial charge in [0.05, 0.1) is 6.04 Å². The molecule has 7 heavy (non-hydrogen) atoms. The van der Waals surface area contributed by atoms with E-state index in [-0.39, 0.29) is 6.04 Å². The van der Waals surface area contributed by atoms with E-state index in [2.05, 4.69) is 12.8 Å². The van der Waals surface area contributed by atoms with Gasteiger partial charge in [-0.3, -0.25) is 0 Å². The van der Waals surface area contributed by atoms with Crippen molar-refractivity contribution in [2.45, 2.75) is 25.8 Å². The average molecular weight is 97.2 g/mol. The highest BCUT2D eigenvalue weighted by molar-refractivity contribution is 4.95. The predicted octanol–water partition coefficient (Wildman–Crippen LogP) is 0.747. The summed E-state index contributed by atoms with van der Waals surface area (Å²) in [5, 5.41) is 0. The summed E-state index contributed by atoms with van der Waals surface area (Å²) in [4.78, 5) is 0. The molecule has 0 radical (unpaired) electrons. The molecule has 0 bridgehead atoms. The molecule has 1 nitrogen and oxygen atoms in total. The first kappa shape index (κ1) is 6.52. The third-order valence-corrected chi connectivity index (χ3v) is 0.814. The van der Waals surface area contributed by atoms with Crippen molar-refractivity contribution in [2.24, 2.45) is 5.73 Å². The minimum atomic E-state index is -0.0231. The molecule has 0 saturated carbocycles. The van der Waals surface area contributed by atoms with E-state index in [1.807, 2.05) is 0 Å². The molecule has 0 heterocycles. The minimum absolute atomic E-state index is 0.0231. The molecule has 0 spiro atoms. The number of terminal acetylenes is 1. The summed E-state index contributed by atoms with van der Waals surface area (Å²) < 4.78 is 0. The van der Waals surface area contributed by atoms with Crippen LogP contribution in [0.2, 0.25) is 0 Å². The molecule has 0 aliphatic rings. The highest BCUT2D eigenvalue weighted by atomic mass is 14.6. The topological polar surface area (TPSA) is 26.0 Å². The second-order valence-electron chi connectivity index (χ2n) is 1.56. The van der Waals surface area contributed by atoms with E-state index in [0.717, 1.165) is 12.8 Å². The smallest absolute Gasteiger partial charge is 0.0661 e. The van der Waals surface area contributed by atoms with Gasteiger partial charge in [-0.25, -0.2) is 0 Å². The molecule has 1 atom stereocenters. The first-order valence-electron chi connectivity index (χ1n) is 2.53. The van der Waals surface area contributed by atoms with E-state index in [0.29, 0.717) is 0 Å². The van der Waals surface area contributed by atoms with Crippen molar-refractivity contribution in [1.29, 1.82) is 0 Å². The second-order valence-corrected chi connectivity index (χ2v) is 1.56. The molecule has 0 saturated heterocycles. The van der Waals surface area contributed by atoms with Gasteiger partial charge in [0, 0.05) is 0 Å². The lowest BCUT2D eigenvalue weighted by molar-refractivity contribution is 0.721. The number of rotatable bonds is 2. The molecule has 0 aromatic heterocycles. The Labute approximate surface area is 44.9 Å². The van der Waals surface area contributed by atoms with Gasteiger partial charge in [0.2, 0.25) is 0 Å². The monoisotopic (exact) mass is 97.1 g/mol. The van der Waals surface area contributed by atoms with Gasteiger partial charge in [0.25, 0.3) is 0 Å². The summed E-state index contributed by atoms with van der Waals surface area (Å²) in [6.07, 6.45) is 7.00. The molecule has 40 valence electrons. The number of hydrogen-bond donors (Lipinski definition) is 1. The zero-order valence-corrected chi connectivity index (χ0v) is 4.65. The van der Waals surface area contributed by atoms with Crippen LogP contribution in [0.25, 0.3) is 0 Å². The van der Waals surface area contributed by atoms with Crippen molar-refractivity contribution >= 4 is 0 Å². The standard InChI is InChI=1S/C6H11N/c1-3-5-6(7)4-2/h2,6H,3,5,7H2,1H3. The van der Waals surface area contributed by atoms with Crippen molar-refractivity contribution in [3.8, 4) is 12.3 Å². The number of hydrogen-bond acceptors (Lipinski definition) is 1. The molecule has 2 N–H and O–H groups in total. The quantitative estimate of drug-likeness (QED) is 0.505. The molecular formula is C6H11N. The van der Waals surface area contributed by atoms with Crippen LogP contribution < -0.4 is 5.73 Å². The Morgan fingerprint density at radius 3 is 2.57 bits per heavy atom. The molecule has 1 heteroatoms. The lowest BCUT2D eigenvalue weighted by Gasteiger charge is -1.96. The van der Waals surface area contributed by atoms with Crippen LogP contribution in [-0.4, -0.2) is 6.04 Å². The van der Waals surface area contributed by atoms with Gasteiger partial charge in [-0.2, -0.15) is 0 Å². The Hall–Kier alpha value is -0.480. The summed E-state index contributed by atoms with van der Waals surface area (Å²) in [5.41, 5.74) is 5.35. The van der Waals surface area contributed by atoms with Crippen LogP contribution in [0.3, 0.4) is 0 Å². The summed E-state index contributed by atoms with van der Waals surface area (Å²) in [7, 11) is 0. The Balaban J connectivity index is 3.04. The predicted molar refractivity (Wildman–Crippen MR) is 31.7 cm³/mol. The van der Waals surface area contributed by atoms with Crippen LogP contribution in [0.1, 0.15) is 19.8 Å². The van der Waals surface area contributed by atoms with E-state index in [4.69, 9.17) is 12.2 Å². The van der Waals surface area contributed by atoms with E-state index in [1.54, 1.807) is 0 Å². The largest absolute Gasteiger partial charge is 0.318 e. The molecule has 1 unspecified atom stereocenters. The third-order valence-electron chi connectivity index (χ3n) is 0.814. The van der Waals surface area contributed by atoms with Crippen LogP contribution in [0.4, 0.5) is 0 Å². The van der Waals surface area contributed by atoms with Gasteiger partial charge in [0.15, 0.2) is 0 Å². The molecule has 0 aliphatic heterocycles. The van der Waals surface area contributed by atoms with Gasteiger partial charge in [-0.1, -0.05) is 19.3 Å². The zero-order valence-electron chi connectivity index (χ0n) is 4.65. The Morgan fingerprint density at radius 1 is 1.86 bits per heavy atom. The summed E-state index contributed by atoms with van der Waals surface area (Å²) in [6, 6.07) is -0.0231. The second kappa shape index (κ2) is 3.70. The lowest BCUT2D eigenvalue weighted by atomic mass is 10.2. The van der Waals surface area contributed by atoms with Crippen LogP contribution in [0.15, 0.2) is 0 Å². The van der Waals surface area contributed by atoms with E-state index in [1.165, 1.54) is 0 Å². The summed E-state index contributed by atoms with van der Waals surface area (Å²) in [5.74, 6) is 2.44. The summed E-state index contributed by atoms with van der Waals surface area (Å²) >= 11 is 0. The first-order chi connectivity index (χ1) is 3.31. The highest BCUT2D eigenvalue weighted by Gasteiger charge is 1.89. The highest BCUT2D eigenvalue weighted by Crippen LogP contribution is 1.88. The van der Waals surface area contributed by atoms with Crippen LogP contribution in [-0.2, 0) is 0 Å². The van der Waals surface area contributed by atoms with E-state index < -0.39 is 0 Å². The Morgan fingerprint density at radius 2 is 2.43 bits per heavy atom. The van der Waals surface area contributed by atoms with Gasteiger partial charge < -0.3 is 5.73 Å². The fourth-order valence-corrected chi connectivity index (χ4v) is 0.394. The van der Waals surface area contributed by atoms with Crippen molar-refractivity contribution in [3.63, 3.8) is 0 Å². The zero-order chi connectivity index (χ0) is 5.70. The van der Waals surface area contributed by atoms with Crippen LogP contribution in [0, 0.1) is 12.3 Å². The maximum atomic E-state index is 5.35. The van der Waals surface area contributed by atoms with Gasteiger partial charge in [-0.05, 0) is 6.42 Å². The minimum Gasteiger partial charge on any atom is -0.318 e. The van der Waals surface area contributed by atoms with E-state index >= 15 is 0 Å². The van der Waals surface area contributed by atoms with Gasteiger partial charge in [0.1, 0.15) is 0 Å². The summed E-state index contributed by atoms with van der Waals surface area (Å²) in [6.45, 7) is 2.07. The third kappa shape index (κ3) is 3.35. The van der Waals surface area contributed by atoms with E-state index in [9.17, 15) is 0 Å². The Kier molecular flexibility index (Phi) is 3.45. The molecule has 0 aliphatic carbocycles. The fourth-order valence-electron chi connectivity index (χ4n) is 0.394. The lowest BCUT2D eigenvalue weighted by Crippen LogP contribution is -2.15. The van der Waals surface area contributed by atoms with Crippen molar-refractivity contribution in [3.05, 3.63) is 0 Å². The van der Waals surface area contributed by atoms with Crippen molar-refractivity contribution in [1.82, 2.24) is 0 Å². The molecule has 0 aromatic carbocycles. The van der Waals surface area contributed by atoms with Crippen LogP contribution >= 0.6 is 0 Å². The molecule has 0 fully saturated rings. The number of nitrogens with two attached hydrogens (primary N) is 1.